The summed E-state index contributed by atoms with van der Waals surface area (Å²) in [5, 5.41) is 0. The van der Waals surface area contributed by atoms with Crippen LogP contribution in [-0.2, 0) is 9.84 Å². The molecule has 2 rings (SSSR count). The molecule has 1 aromatic rings. The second kappa shape index (κ2) is 5.13. The van der Waals surface area contributed by atoms with Crippen LogP contribution in [0.5, 0.6) is 0 Å². The number of hydrogen-bond donors (Lipinski definition) is 0. The number of benzene rings is 1. The smallest absolute Gasteiger partial charge is 0.341 e. The van der Waals surface area contributed by atoms with E-state index in [0.29, 0.717) is 4.83 Å². The minimum absolute atomic E-state index is 0.337. The summed E-state index contributed by atoms with van der Waals surface area (Å²) < 4.78 is 47.2. The maximum atomic E-state index is 12.3. The standard InChI is InChI=1S/C11H12BrF2NO2S/c12-8-5-6-15(7-8)9-1-3-10(4-2-9)18(16,17)11(13)14/h1-4,8,11H,5-7H2. The molecule has 0 aliphatic carbocycles. The van der Waals surface area contributed by atoms with Gasteiger partial charge < -0.3 is 4.90 Å². The number of sulfone groups is 1. The summed E-state index contributed by atoms with van der Waals surface area (Å²) in [4.78, 5) is 2.16. The van der Waals surface area contributed by atoms with Crippen molar-refractivity contribution >= 4 is 31.5 Å². The van der Waals surface area contributed by atoms with Gasteiger partial charge in [0.25, 0.3) is 0 Å². The predicted molar refractivity (Wildman–Crippen MR) is 69.2 cm³/mol. The molecule has 100 valence electrons. The number of halogens is 3. The Morgan fingerprint density at radius 3 is 2.33 bits per heavy atom. The normalized spacial score (nSPS) is 20.7. The molecule has 1 saturated heterocycles. The van der Waals surface area contributed by atoms with E-state index in [-0.39, 0.29) is 4.90 Å². The molecule has 1 unspecified atom stereocenters. The molecule has 1 atom stereocenters. The zero-order valence-electron chi connectivity index (χ0n) is 9.39. The highest BCUT2D eigenvalue weighted by atomic mass is 79.9. The van der Waals surface area contributed by atoms with Gasteiger partial charge in [-0.1, -0.05) is 15.9 Å². The first-order valence-electron chi connectivity index (χ1n) is 5.42. The second-order valence-corrected chi connectivity index (χ2v) is 7.34. The van der Waals surface area contributed by atoms with Crippen LogP contribution in [0.25, 0.3) is 0 Å². The second-order valence-electron chi connectivity index (χ2n) is 4.13. The van der Waals surface area contributed by atoms with Crippen molar-refractivity contribution in [2.45, 2.75) is 21.9 Å². The summed E-state index contributed by atoms with van der Waals surface area (Å²) in [6, 6.07) is 5.61. The Hall–Kier alpha value is -0.690. The van der Waals surface area contributed by atoms with Gasteiger partial charge in [0.1, 0.15) is 0 Å². The molecular weight excluding hydrogens is 328 g/mol. The van der Waals surface area contributed by atoms with E-state index < -0.39 is 15.6 Å². The van der Waals surface area contributed by atoms with Gasteiger partial charge in [0.2, 0.25) is 9.84 Å². The molecule has 1 aliphatic rings. The Balaban J connectivity index is 2.21. The number of alkyl halides is 3. The molecule has 0 radical (unpaired) electrons. The molecule has 0 aromatic heterocycles. The largest absolute Gasteiger partial charge is 0.370 e. The van der Waals surface area contributed by atoms with E-state index in [1.165, 1.54) is 12.1 Å². The highest BCUT2D eigenvalue weighted by Gasteiger charge is 2.27. The van der Waals surface area contributed by atoms with Crippen molar-refractivity contribution in [1.82, 2.24) is 0 Å². The first kappa shape index (κ1) is 13.7. The third-order valence-corrected chi connectivity index (χ3v) is 5.04. The molecule has 1 fully saturated rings. The fraction of sp³-hybridized carbons (Fsp3) is 0.455. The van der Waals surface area contributed by atoms with Crippen molar-refractivity contribution in [3.63, 3.8) is 0 Å². The lowest BCUT2D eigenvalue weighted by molar-refractivity contribution is 0.234. The Kier molecular flexibility index (Phi) is 3.91. The lowest BCUT2D eigenvalue weighted by Gasteiger charge is -2.18. The quantitative estimate of drug-likeness (QED) is 0.794. The van der Waals surface area contributed by atoms with Gasteiger partial charge >= 0.3 is 5.76 Å². The third kappa shape index (κ3) is 2.66. The van der Waals surface area contributed by atoms with Crippen LogP contribution in [-0.4, -0.2) is 32.1 Å². The maximum absolute atomic E-state index is 12.3. The van der Waals surface area contributed by atoms with Crippen LogP contribution in [0.2, 0.25) is 0 Å². The molecule has 1 heterocycles. The third-order valence-electron chi connectivity index (χ3n) is 2.90. The van der Waals surface area contributed by atoms with Crippen LogP contribution >= 0.6 is 15.9 Å². The zero-order valence-corrected chi connectivity index (χ0v) is 11.8. The molecule has 18 heavy (non-hydrogen) atoms. The summed E-state index contributed by atoms with van der Waals surface area (Å²) >= 11 is 3.50. The Labute approximate surface area is 113 Å². The monoisotopic (exact) mass is 339 g/mol. The van der Waals surface area contributed by atoms with E-state index in [9.17, 15) is 17.2 Å². The van der Waals surface area contributed by atoms with E-state index in [1.807, 2.05) is 0 Å². The minimum atomic E-state index is -4.49. The summed E-state index contributed by atoms with van der Waals surface area (Å²) in [5.41, 5.74) is 0.852. The molecule has 1 aliphatic heterocycles. The van der Waals surface area contributed by atoms with Crippen molar-refractivity contribution in [1.29, 1.82) is 0 Å². The molecule has 1 aromatic carbocycles. The van der Waals surface area contributed by atoms with E-state index >= 15 is 0 Å². The molecule has 0 amide bonds. The molecule has 0 N–H and O–H groups in total. The predicted octanol–water partition coefficient (Wildman–Crippen LogP) is 2.66. The lowest BCUT2D eigenvalue weighted by atomic mass is 10.3. The Bertz CT molecular complexity index is 518. The SMILES string of the molecule is O=S(=O)(c1ccc(N2CCC(Br)C2)cc1)C(F)F. The Morgan fingerprint density at radius 1 is 1.28 bits per heavy atom. The number of rotatable bonds is 3. The van der Waals surface area contributed by atoms with Crippen molar-refractivity contribution in [2.24, 2.45) is 0 Å². The van der Waals surface area contributed by atoms with Gasteiger partial charge in [-0.3, -0.25) is 0 Å². The highest BCUT2D eigenvalue weighted by molar-refractivity contribution is 9.09. The number of nitrogens with zero attached hydrogens (tertiary/aromatic N) is 1. The van der Waals surface area contributed by atoms with E-state index in [2.05, 4.69) is 20.8 Å². The van der Waals surface area contributed by atoms with E-state index in [1.54, 1.807) is 12.1 Å². The first-order chi connectivity index (χ1) is 8.41. The van der Waals surface area contributed by atoms with Gasteiger partial charge in [-0.15, -0.1) is 0 Å². The fourth-order valence-electron chi connectivity index (χ4n) is 1.90. The minimum Gasteiger partial charge on any atom is -0.370 e. The van der Waals surface area contributed by atoms with Gasteiger partial charge in [-0.25, -0.2) is 8.42 Å². The highest BCUT2D eigenvalue weighted by Crippen LogP contribution is 2.26. The summed E-state index contributed by atoms with van der Waals surface area (Å²) in [7, 11) is -4.49. The van der Waals surface area contributed by atoms with Gasteiger partial charge in [0, 0.05) is 23.6 Å². The maximum Gasteiger partial charge on any atom is 0.341 e. The molecule has 0 bridgehead atoms. The molecule has 7 heteroatoms. The molecular formula is C11H12BrF2NO2S. The first-order valence-corrected chi connectivity index (χ1v) is 7.88. The van der Waals surface area contributed by atoms with Crippen molar-refractivity contribution in [2.75, 3.05) is 18.0 Å². The number of anilines is 1. The molecule has 0 saturated carbocycles. The van der Waals surface area contributed by atoms with Crippen LogP contribution < -0.4 is 4.90 Å². The van der Waals surface area contributed by atoms with Gasteiger partial charge in [0.05, 0.1) is 4.90 Å². The van der Waals surface area contributed by atoms with Crippen LogP contribution in [0.15, 0.2) is 29.2 Å². The van der Waals surface area contributed by atoms with Crippen molar-refractivity contribution in [3.8, 4) is 0 Å². The zero-order chi connectivity index (χ0) is 13.3. The van der Waals surface area contributed by atoms with Crippen molar-refractivity contribution in [3.05, 3.63) is 24.3 Å². The van der Waals surface area contributed by atoms with E-state index in [4.69, 9.17) is 0 Å². The fourth-order valence-corrected chi connectivity index (χ4v) is 3.18. The van der Waals surface area contributed by atoms with Crippen LogP contribution in [0.4, 0.5) is 14.5 Å². The van der Waals surface area contributed by atoms with E-state index in [0.717, 1.165) is 25.2 Å². The lowest BCUT2D eigenvalue weighted by Crippen LogP contribution is -2.19. The van der Waals surface area contributed by atoms with Crippen LogP contribution in [0.1, 0.15) is 6.42 Å². The van der Waals surface area contributed by atoms with Gasteiger partial charge in [-0.05, 0) is 30.7 Å². The van der Waals surface area contributed by atoms with Crippen LogP contribution in [0.3, 0.4) is 0 Å². The molecule has 3 nitrogen and oxygen atoms in total. The summed E-state index contributed by atoms with van der Waals surface area (Å²) in [6.07, 6.45) is 1.01. The van der Waals surface area contributed by atoms with Gasteiger partial charge in [-0.2, -0.15) is 8.78 Å². The average Bonchev–Trinajstić information content (AvgIpc) is 2.76. The topological polar surface area (TPSA) is 37.4 Å². The molecule has 0 spiro atoms. The van der Waals surface area contributed by atoms with Gasteiger partial charge in [0.15, 0.2) is 0 Å². The summed E-state index contributed by atoms with van der Waals surface area (Å²) in [6.45, 7) is 1.71. The average molecular weight is 340 g/mol. The number of hydrogen-bond acceptors (Lipinski definition) is 3. The van der Waals surface area contributed by atoms with Crippen LogP contribution in [0, 0.1) is 0 Å². The Morgan fingerprint density at radius 2 is 1.89 bits per heavy atom. The van der Waals surface area contributed by atoms with Crippen molar-refractivity contribution < 1.29 is 17.2 Å². The summed E-state index contributed by atoms with van der Waals surface area (Å²) in [5.74, 6) is -3.37.